The van der Waals surface area contributed by atoms with Crippen LogP contribution < -0.4 is 0 Å². The predicted octanol–water partition coefficient (Wildman–Crippen LogP) is 3.29. The molecular weight excluding hydrogens is 336 g/mol. The molecule has 0 fully saturated rings. The van der Waals surface area contributed by atoms with Crippen molar-refractivity contribution in [1.29, 1.82) is 0 Å². The Hall–Kier alpha value is -1.76. The molecule has 2 aromatic rings. The van der Waals surface area contributed by atoms with E-state index in [9.17, 15) is 4.79 Å². The zero-order chi connectivity index (χ0) is 17.8. The minimum atomic E-state index is -0.310. The predicted molar refractivity (Wildman–Crippen MR) is 98.8 cm³/mol. The minimum absolute atomic E-state index is 0.310. The maximum atomic E-state index is 12.1. The summed E-state index contributed by atoms with van der Waals surface area (Å²) in [4.78, 5) is 13.2. The van der Waals surface area contributed by atoms with Crippen molar-refractivity contribution in [2.75, 3.05) is 27.4 Å². The first-order valence-electron chi connectivity index (χ1n) is 8.41. The van der Waals surface area contributed by atoms with E-state index in [1.165, 1.54) is 18.2 Å². The van der Waals surface area contributed by atoms with Gasteiger partial charge in [-0.2, -0.15) is 0 Å². The fraction of sp³-hybridized carbons (Fsp3) is 0.421. The number of fused-ring (bicyclic) bond motifs is 1. The van der Waals surface area contributed by atoms with E-state index in [0.29, 0.717) is 18.8 Å². The van der Waals surface area contributed by atoms with E-state index < -0.39 is 0 Å². The molecular formula is C19H24N2O3S. The minimum Gasteiger partial charge on any atom is -0.464 e. The molecule has 0 amide bonds. The smallest absolute Gasteiger partial charge is 0.354 e. The van der Waals surface area contributed by atoms with Crippen LogP contribution in [0.4, 0.5) is 0 Å². The summed E-state index contributed by atoms with van der Waals surface area (Å²) in [6, 6.07) is 10.5. The zero-order valence-electron chi connectivity index (χ0n) is 14.9. The van der Waals surface area contributed by atoms with Gasteiger partial charge in [0.1, 0.15) is 5.69 Å². The van der Waals surface area contributed by atoms with E-state index in [1.807, 2.05) is 17.6 Å². The Morgan fingerprint density at radius 3 is 2.72 bits per heavy atom. The highest BCUT2D eigenvalue weighted by Crippen LogP contribution is 2.33. The quantitative estimate of drug-likeness (QED) is 0.584. The summed E-state index contributed by atoms with van der Waals surface area (Å²) in [7, 11) is 3.08. The monoisotopic (exact) mass is 360 g/mol. The first-order valence-corrected chi connectivity index (χ1v) is 9.18. The third kappa shape index (κ3) is 3.92. The second-order valence-corrected chi connectivity index (χ2v) is 7.23. The standard InChI is InChI=1S/C19H24N2O3S/c1-14-18(12-17(19(22)24-3)21(14)10-11-23-2)25-20-9-8-15-6-4-5-7-16(15)13-20/h4-7,12H,8-11,13H2,1-3H3. The van der Waals surface area contributed by atoms with Crippen LogP contribution in [-0.2, 0) is 29.0 Å². The Balaban J connectivity index is 1.80. The molecule has 0 radical (unpaired) electrons. The Morgan fingerprint density at radius 1 is 1.24 bits per heavy atom. The fourth-order valence-electron chi connectivity index (χ4n) is 3.14. The lowest BCUT2D eigenvalue weighted by atomic mass is 10.0. The molecule has 0 aliphatic carbocycles. The van der Waals surface area contributed by atoms with E-state index in [4.69, 9.17) is 9.47 Å². The average Bonchev–Trinajstić information content (AvgIpc) is 2.95. The lowest BCUT2D eigenvalue weighted by Gasteiger charge is -2.27. The van der Waals surface area contributed by atoms with Crippen molar-refractivity contribution in [3.8, 4) is 0 Å². The van der Waals surface area contributed by atoms with Gasteiger partial charge in [-0.15, -0.1) is 0 Å². The molecule has 134 valence electrons. The van der Waals surface area contributed by atoms with Crippen LogP contribution in [0.5, 0.6) is 0 Å². The molecule has 0 saturated heterocycles. The number of nitrogens with zero attached hydrogens (tertiary/aromatic N) is 2. The van der Waals surface area contributed by atoms with Crippen molar-refractivity contribution in [2.24, 2.45) is 0 Å². The van der Waals surface area contributed by atoms with Crippen molar-refractivity contribution in [3.05, 3.63) is 52.8 Å². The maximum absolute atomic E-state index is 12.1. The molecule has 1 aromatic heterocycles. The van der Waals surface area contributed by atoms with Crippen LogP contribution >= 0.6 is 11.9 Å². The molecule has 25 heavy (non-hydrogen) atoms. The number of carbonyl (C=O) groups is 1. The Kier molecular flexibility index (Phi) is 5.83. The van der Waals surface area contributed by atoms with Crippen LogP contribution in [-0.4, -0.2) is 42.2 Å². The summed E-state index contributed by atoms with van der Waals surface area (Å²) in [5.41, 5.74) is 4.47. The number of benzene rings is 1. The van der Waals surface area contributed by atoms with Gasteiger partial charge in [-0.3, -0.25) is 0 Å². The lowest BCUT2D eigenvalue weighted by molar-refractivity contribution is 0.0585. The molecule has 0 bridgehead atoms. The van der Waals surface area contributed by atoms with Crippen LogP contribution in [0.25, 0.3) is 0 Å². The topological polar surface area (TPSA) is 43.7 Å². The van der Waals surface area contributed by atoms with Crippen LogP contribution in [0.3, 0.4) is 0 Å². The van der Waals surface area contributed by atoms with Gasteiger partial charge in [-0.05, 0) is 42.5 Å². The molecule has 0 unspecified atom stereocenters. The zero-order valence-corrected chi connectivity index (χ0v) is 15.8. The lowest BCUT2D eigenvalue weighted by Crippen LogP contribution is -2.24. The van der Waals surface area contributed by atoms with E-state index in [0.717, 1.165) is 30.1 Å². The molecule has 5 nitrogen and oxygen atoms in total. The van der Waals surface area contributed by atoms with E-state index in [-0.39, 0.29) is 5.97 Å². The van der Waals surface area contributed by atoms with Crippen LogP contribution in [0.15, 0.2) is 35.2 Å². The van der Waals surface area contributed by atoms with Crippen LogP contribution in [0, 0.1) is 6.92 Å². The second kappa shape index (κ2) is 8.08. The van der Waals surface area contributed by atoms with Crippen LogP contribution in [0.1, 0.15) is 27.3 Å². The molecule has 0 saturated carbocycles. The van der Waals surface area contributed by atoms with Crippen molar-refractivity contribution in [1.82, 2.24) is 8.87 Å². The van der Waals surface area contributed by atoms with Gasteiger partial charge in [-0.1, -0.05) is 24.3 Å². The van der Waals surface area contributed by atoms with Gasteiger partial charge in [0.2, 0.25) is 0 Å². The number of carbonyl (C=O) groups excluding carboxylic acids is 1. The Morgan fingerprint density at radius 2 is 2.00 bits per heavy atom. The van der Waals surface area contributed by atoms with Gasteiger partial charge >= 0.3 is 5.97 Å². The average molecular weight is 360 g/mol. The molecule has 6 heteroatoms. The fourth-order valence-corrected chi connectivity index (χ4v) is 4.21. The number of ether oxygens (including phenoxy) is 2. The van der Waals surface area contributed by atoms with Gasteiger partial charge in [0, 0.05) is 37.3 Å². The van der Waals surface area contributed by atoms with Gasteiger partial charge in [0.05, 0.1) is 13.7 Å². The normalized spacial score (nSPS) is 14.4. The third-order valence-electron chi connectivity index (χ3n) is 4.56. The highest BCUT2D eigenvalue weighted by molar-refractivity contribution is 7.97. The number of hydrogen-bond acceptors (Lipinski definition) is 5. The summed E-state index contributed by atoms with van der Waals surface area (Å²) < 4.78 is 14.5. The van der Waals surface area contributed by atoms with E-state index >= 15 is 0 Å². The molecule has 0 atom stereocenters. The number of esters is 1. The highest BCUT2D eigenvalue weighted by atomic mass is 32.2. The first-order chi connectivity index (χ1) is 12.1. The maximum Gasteiger partial charge on any atom is 0.354 e. The third-order valence-corrected chi connectivity index (χ3v) is 5.74. The van der Waals surface area contributed by atoms with Gasteiger partial charge in [-0.25, -0.2) is 9.10 Å². The molecule has 3 rings (SSSR count). The highest BCUT2D eigenvalue weighted by Gasteiger charge is 2.22. The Labute approximate surface area is 153 Å². The summed E-state index contributed by atoms with van der Waals surface area (Å²) in [6.07, 6.45) is 1.05. The largest absolute Gasteiger partial charge is 0.464 e. The molecule has 1 aromatic carbocycles. The number of rotatable bonds is 6. The molecule has 2 heterocycles. The Bertz CT molecular complexity index is 757. The number of hydrogen-bond donors (Lipinski definition) is 0. The molecule has 1 aliphatic rings. The van der Waals surface area contributed by atoms with Crippen molar-refractivity contribution < 1.29 is 14.3 Å². The van der Waals surface area contributed by atoms with Gasteiger partial charge in [0.25, 0.3) is 0 Å². The number of aromatic nitrogens is 1. The van der Waals surface area contributed by atoms with Gasteiger partial charge in [0.15, 0.2) is 0 Å². The summed E-state index contributed by atoms with van der Waals surface area (Å²) in [5, 5.41) is 0. The second-order valence-electron chi connectivity index (χ2n) is 6.09. The van der Waals surface area contributed by atoms with Crippen LogP contribution in [0.2, 0.25) is 0 Å². The van der Waals surface area contributed by atoms with Crippen molar-refractivity contribution in [3.63, 3.8) is 0 Å². The van der Waals surface area contributed by atoms with E-state index in [1.54, 1.807) is 19.1 Å². The summed E-state index contributed by atoms with van der Waals surface area (Å²) in [5.74, 6) is -0.310. The SMILES string of the molecule is COCCn1c(C(=O)OC)cc(SN2CCc3ccccc3C2)c1C. The van der Waals surface area contributed by atoms with E-state index in [2.05, 4.69) is 28.6 Å². The van der Waals surface area contributed by atoms with Crippen molar-refractivity contribution in [2.45, 2.75) is 31.3 Å². The van der Waals surface area contributed by atoms with Gasteiger partial charge < -0.3 is 14.0 Å². The summed E-state index contributed by atoms with van der Waals surface area (Å²) >= 11 is 1.72. The molecule has 0 spiro atoms. The first kappa shape index (κ1) is 18.0. The molecule has 0 N–H and O–H groups in total. The molecule has 1 aliphatic heterocycles. The van der Waals surface area contributed by atoms with Crippen molar-refractivity contribution >= 4 is 17.9 Å². The number of methoxy groups -OCH3 is 2. The summed E-state index contributed by atoms with van der Waals surface area (Å²) in [6.45, 7) is 5.15.